The molecule has 0 spiro atoms. The maximum absolute atomic E-state index is 8.70. The van der Waals surface area contributed by atoms with Gasteiger partial charge in [-0.1, -0.05) is 31.2 Å². The highest BCUT2D eigenvalue weighted by Crippen LogP contribution is 2.30. The van der Waals surface area contributed by atoms with Crippen molar-refractivity contribution in [2.75, 3.05) is 6.61 Å². The summed E-state index contributed by atoms with van der Waals surface area (Å²) in [6.45, 7) is 5.54. The molecule has 0 bridgehead atoms. The monoisotopic (exact) mass is 475 g/mol. The highest BCUT2D eigenvalue weighted by Gasteiger charge is 2.17. The molecule has 0 saturated heterocycles. The number of ether oxygens (including phenoxy) is 1. The van der Waals surface area contributed by atoms with Crippen LogP contribution in [0, 0.1) is 18.3 Å². The number of benzene rings is 3. The number of aryl methyl sites for hydroxylation is 3. The molecule has 0 atom stereocenters. The van der Waals surface area contributed by atoms with Crippen LogP contribution in [0.4, 0.5) is 0 Å². The Balaban J connectivity index is 1.46. The molecule has 6 heteroatoms. The zero-order valence-corrected chi connectivity index (χ0v) is 20.9. The van der Waals surface area contributed by atoms with E-state index in [0.717, 1.165) is 69.0 Å². The Hall–Kier alpha value is -4.37. The Morgan fingerprint density at radius 2 is 1.83 bits per heavy atom. The maximum Gasteiger partial charge on any atom is 0.140 e. The minimum Gasteiger partial charge on any atom is -0.492 e. The average Bonchev–Trinajstić information content (AvgIpc) is 3.42. The molecule has 0 aliphatic carbocycles. The van der Waals surface area contributed by atoms with E-state index in [1.165, 1.54) is 6.08 Å². The molecule has 0 amide bonds. The highest BCUT2D eigenvalue weighted by molar-refractivity contribution is 5.87. The Morgan fingerprint density at radius 1 is 1.03 bits per heavy atom. The van der Waals surface area contributed by atoms with Gasteiger partial charge in [0.15, 0.2) is 0 Å². The molecule has 0 fully saturated rings. The summed E-state index contributed by atoms with van der Waals surface area (Å²) in [6.07, 6.45) is 5.19. The van der Waals surface area contributed by atoms with Crippen molar-refractivity contribution in [2.45, 2.75) is 33.2 Å². The van der Waals surface area contributed by atoms with Crippen molar-refractivity contribution in [2.24, 2.45) is 7.05 Å². The third kappa shape index (κ3) is 4.48. The van der Waals surface area contributed by atoms with Crippen molar-refractivity contribution in [1.82, 2.24) is 19.1 Å². The lowest BCUT2D eigenvalue weighted by molar-refractivity contribution is 0.298. The summed E-state index contributed by atoms with van der Waals surface area (Å²) in [5, 5.41) is 8.70. The Kier molecular flexibility index (Phi) is 6.55. The predicted molar refractivity (Wildman–Crippen MR) is 145 cm³/mol. The zero-order chi connectivity index (χ0) is 25.1. The normalized spacial score (nSPS) is 11.5. The van der Waals surface area contributed by atoms with Gasteiger partial charge in [-0.25, -0.2) is 9.97 Å². The number of allylic oxidation sites excluding steroid dienone is 1. The summed E-state index contributed by atoms with van der Waals surface area (Å²) >= 11 is 0. The molecule has 3 aromatic carbocycles. The quantitative estimate of drug-likeness (QED) is 0.241. The van der Waals surface area contributed by atoms with Crippen LogP contribution in [-0.2, 0) is 20.0 Å². The Morgan fingerprint density at radius 3 is 2.58 bits per heavy atom. The molecular formula is C30H29N5O. The number of hydrogen-bond acceptors (Lipinski definition) is 4. The second-order valence-electron chi connectivity index (χ2n) is 8.95. The van der Waals surface area contributed by atoms with Crippen LogP contribution >= 0.6 is 0 Å². The molecule has 5 rings (SSSR count). The number of nitrogens with zero attached hydrogens (tertiary/aromatic N) is 5. The van der Waals surface area contributed by atoms with Crippen molar-refractivity contribution in [1.29, 1.82) is 5.26 Å². The predicted octanol–water partition coefficient (Wildman–Crippen LogP) is 6.47. The second-order valence-corrected chi connectivity index (χ2v) is 8.95. The summed E-state index contributed by atoms with van der Waals surface area (Å²) in [4.78, 5) is 9.93. The van der Waals surface area contributed by atoms with E-state index >= 15 is 0 Å². The van der Waals surface area contributed by atoms with E-state index in [-0.39, 0.29) is 0 Å². The average molecular weight is 476 g/mol. The SMILES string of the molecule is CCCc1nc2c(C)cc(-c3nc4ccccc4n3C)cc2n1CCOc1ccc(/C=C/C#N)cc1. The Bertz CT molecular complexity index is 1600. The fourth-order valence-corrected chi connectivity index (χ4v) is 4.70. The fraction of sp³-hybridized carbons (Fsp3) is 0.233. The minimum absolute atomic E-state index is 0.533. The second kappa shape index (κ2) is 10.1. The van der Waals surface area contributed by atoms with Gasteiger partial charge in [-0.05, 0) is 66.9 Å². The van der Waals surface area contributed by atoms with Crippen LogP contribution in [0.2, 0.25) is 0 Å². The largest absolute Gasteiger partial charge is 0.492 e. The first-order chi connectivity index (χ1) is 17.6. The molecule has 0 radical (unpaired) electrons. The van der Waals surface area contributed by atoms with E-state index in [2.05, 4.69) is 54.3 Å². The lowest BCUT2D eigenvalue weighted by Crippen LogP contribution is -2.11. The molecular weight excluding hydrogens is 446 g/mol. The van der Waals surface area contributed by atoms with Gasteiger partial charge in [-0.3, -0.25) is 0 Å². The van der Waals surface area contributed by atoms with Crippen LogP contribution < -0.4 is 4.74 Å². The molecule has 0 N–H and O–H groups in total. The molecule has 180 valence electrons. The van der Waals surface area contributed by atoms with Gasteiger partial charge >= 0.3 is 0 Å². The number of imidazole rings is 2. The van der Waals surface area contributed by atoms with Gasteiger partial charge in [0.05, 0.1) is 34.7 Å². The van der Waals surface area contributed by atoms with Gasteiger partial charge in [-0.2, -0.15) is 5.26 Å². The molecule has 0 unspecified atom stereocenters. The lowest BCUT2D eigenvalue weighted by Gasteiger charge is -2.12. The maximum atomic E-state index is 8.70. The standard InChI is InChI=1S/C30H29N5O/c1-4-8-28-33-29-21(2)19-23(30-32-25-10-5-6-11-26(25)34(30)3)20-27(29)35(28)17-18-36-24-14-12-22(13-15-24)9-7-16-31/h5-7,9-15,19-20H,4,8,17-18H2,1-3H3/b9-7+. The van der Waals surface area contributed by atoms with Crippen LogP contribution in [0.15, 0.2) is 66.7 Å². The molecule has 36 heavy (non-hydrogen) atoms. The highest BCUT2D eigenvalue weighted by atomic mass is 16.5. The molecule has 0 saturated carbocycles. The van der Waals surface area contributed by atoms with Crippen molar-refractivity contribution in [3.8, 4) is 23.2 Å². The van der Waals surface area contributed by atoms with Gasteiger partial charge in [0, 0.05) is 25.1 Å². The van der Waals surface area contributed by atoms with Crippen LogP contribution in [0.3, 0.4) is 0 Å². The van der Waals surface area contributed by atoms with Crippen LogP contribution in [-0.4, -0.2) is 25.7 Å². The smallest absolute Gasteiger partial charge is 0.140 e. The molecule has 2 heterocycles. The van der Waals surface area contributed by atoms with Gasteiger partial charge in [0.2, 0.25) is 0 Å². The summed E-state index contributed by atoms with van der Waals surface area (Å²) in [7, 11) is 2.07. The molecule has 5 aromatic rings. The van der Waals surface area contributed by atoms with Crippen LogP contribution in [0.5, 0.6) is 5.75 Å². The van der Waals surface area contributed by atoms with Crippen molar-refractivity contribution >= 4 is 28.1 Å². The van der Waals surface area contributed by atoms with E-state index in [4.69, 9.17) is 20.0 Å². The molecule has 0 aliphatic rings. The van der Waals surface area contributed by atoms with Crippen LogP contribution in [0.1, 0.15) is 30.3 Å². The lowest BCUT2D eigenvalue weighted by atomic mass is 10.1. The van der Waals surface area contributed by atoms with Gasteiger partial charge in [0.25, 0.3) is 0 Å². The Labute approximate surface area is 211 Å². The van der Waals surface area contributed by atoms with Gasteiger partial charge in [0.1, 0.15) is 24.0 Å². The van der Waals surface area contributed by atoms with Crippen molar-refractivity contribution < 1.29 is 4.74 Å². The fourth-order valence-electron chi connectivity index (χ4n) is 4.70. The van der Waals surface area contributed by atoms with E-state index in [0.29, 0.717) is 13.2 Å². The van der Waals surface area contributed by atoms with Gasteiger partial charge < -0.3 is 13.9 Å². The van der Waals surface area contributed by atoms with E-state index < -0.39 is 0 Å². The first-order valence-corrected chi connectivity index (χ1v) is 12.3. The number of rotatable bonds is 8. The first-order valence-electron chi connectivity index (χ1n) is 12.3. The van der Waals surface area contributed by atoms with Crippen molar-refractivity contribution in [3.63, 3.8) is 0 Å². The molecule has 0 aliphatic heterocycles. The van der Waals surface area contributed by atoms with Crippen LogP contribution in [0.25, 0.3) is 39.5 Å². The minimum atomic E-state index is 0.533. The van der Waals surface area contributed by atoms with Gasteiger partial charge in [-0.15, -0.1) is 0 Å². The third-order valence-corrected chi connectivity index (χ3v) is 6.46. The van der Waals surface area contributed by atoms with E-state index in [9.17, 15) is 0 Å². The number of hydrogen-bond donors (Lipinski definition) is 0. The molecule has 2 aromatic heterocycles. The number of aromatic nitrogens is 4. The topological polar surface area (TPSA) is 68.7 Å². The number of para-hydroxylation sites is 2. The van der Waals surface area contributed by atoms with Crippen molar-refractivity contribution in [3.05, 3.63) is 83.7 Å². The first kappa shape index (κ1) is 23.4. The molecule has 6 nitrogen and oxygen atoms in total. The summed E-state index contributed by atoms with van der Waals surface area (Å²) in [5.41, 5.74) is 7.47. The number of fused-ring (bicyclic) bond motifs is 2. The van der Waals surface area contributed by atoms with E-state index in [1.54, 1.807) is 6.08 Å². The summed E-state index contributed by atoms with van der Waals surface area (Å²) in [6, 6.07) is 22.4. The number of nitriles is 1. The third-order valence-electron chi connectivity index (χ3n) is 6.46. The zero-order valence-electron chi connectivity index (χ0n) is 20.9. The van der Waals surface area contributed by atoms with E-state index in [1.807, 2.05) is 42.5 Å². The summed E-state index contributed by atoms with van der Waals surface area (Å²) in [5.74, 6) is 2.84. The summed E-state index contributed by atoms with van der Waals surface area (Å²) < 4.78 is 10.5.